The Hall–Kier alpha value is -2.90. The first-order valence-electron chi connectivity index (χ1n) is 12.6. The summed E-state index contributed by atoms with van der Waals surface area (Å²) in [6.45, 7) is 6.36. The number of thioether (sulfide) groups is 1. The summed E-state index contributed by atoms with van der Waals surface area (Å²) in [5, 5.41) is 0. The Balaban J connectivity index is 1.56. The van der Waals surface area contributed by atoms with Crippen molar-refractivity contribution in [1.82, 2.24) is 4.90 Å². The third-order valence-electron chi connectivity index (χ3n) is 6.30. The molecule has 0 amide bonds. The third kappa shape index (κ3) is 6.65. The fourth-order valence-corrected chi connectivity index (χ4v) is 5.30. The van der Waals surface area contributed by atoms with Gasteiger partial charge in [-0.2, -0.15) is 0 Å². The van der Waals surface area contributed by atoms with Crippen LogP contribution in [0.5, 0.6) is 5.75 Å². The first-order valence-corrected chi connectivity index (χ1v) is 13.6. The minimum Gasteiger partial charge on any atom is -0.466 e. The van der Waals surface area contributed by atoms with E-state index < -0.39 is 0 Å². The lowest BCUT2D eigenvalue weighted by molar-refractivity contribution is -0.136. The van der Waals surface area contributed by atoms with Gasteiger partial charge in [-0.1, -0.05) is 31.5 Å². The molecule has 2 aliphatic rings. The highest BCUT2D eigenvalue weighted by Gasteiger charge is 2.22. The van der Waals surface area contributed by atoms with Crippen LogP contribution in [0.4, 0.5) is 5.69 Å². The molecule has 0 bridgehead atoms. The van der Waals surface area contributed by atoms with Crippen molar-refractivity contribution in [3.8, 4) is 16.9 Å². The van der Waals surface area contributed by atoms with Crippen LogP contribution in [-0.4, -0.2) is 56.9 Å². The van der Waals surface area contributed by atoms with Crippen molar-refractivity contribution in [2.24, 2.45) is 0 Å². The van der Waals surface area contributed by atoms with Gasteiger partial charge in [0.2, 0.25) is 0 Å². The van der Waals surface area contributed by atoms with Crippen LogP contribution in [0.1, 0.15) is 38.7 Å². The van der Waals surface area contributed by atoms with Crippen molar-refractivity contribution in [3.05, 3.63) is 64.7 Å². The second-order valence-electron chi connectivity index (χ2n) is 9.17. The molecule has 0 aromatic heterocycles. The van der Waals surface area contributed by atoms with Gasteiger partial charge in [0, 0.05) is 36.0 Å². The van der Waals surface area contributed by atoms with Crippen molar-refractivity contribution < 1.29 is 19.0 Å². The van der Waals surface area contributed by atoms with Crippen molar-refractivity contribution >= 4 is 29.5 Å². The minimum atomic E-state index is -0.282. The number of fused-ring (bicyclic) bond motifs is 1. The Bertz CT molecular complexity index is 1110. The number of carbonyl (C=O) groups is 1. The van der Waals surface area contributed by atoms with E-state index in [0.717, 1.165) is 59.9 Å². The van der Waals surface area contributed by atoms with Crippen LogP contribution in [-0.2, 0) is 14.3 Å². The summed E-state index contributed by atoms with van der Waals surface area (Å²) < 4.78 is 16.7. The summed E-state index contributed by atoms with van der Waals surface area (Å²) in [6, 6.07) is 14.5. The summed E-state index contributed by atoms with van der Waals surface area (Å²) in [7, 11) is 3.54. The number of methoxy groups -OCH3 is 1. The third-order valence-corrected chi connectivity index (χ3v) is 7.44. The van der Waals surface area contributed by atoms with Crippen molar-refractivity contribution in [2.45, 2.75) is 39.4 Å². The zero-order valence-corrected chi connectivity index (χ0v) is 22.5. The lowest BCUT2D eigenvalue weighted by Gasteiger charge is -2.25. The standard InChI is InChI=1S/C29H36N2O4S/c1-5-6-15-34-21(2)35-26-10-7-22(8-11-26)23-9-12-28-25(16-23)17-24(29(32)33-4)13-14-31(28)19-27-18-30(3)20-36-27/h7-12,16-18,21H,5-6,13-15,19-20H2,1-4H3. The van der Waals surface area contributed by atoms with E-state index >= 15 is 0 Å². The Morgan fingerprint density at radius 3 is 2.61 bits per heavy atom. The van der Waals surface area contributed by atoms with Gasteiger partial charge in [0.1, 0.15) is 5.75 Å². The van der Waals surface area contributed by atoms with Gasteiger partial charge in [-0.15, -0.1) is 11.8 Å². The van der Waals surface area contributed by atoms with E-state index in [9.17, 15) is 4.79 Å². The SMILES string of the molecule is CCCCOC(C)Oc1ccc(-c2ccc3c(c2)C=C(C(=O)OC)CCN3CC2=CN(C)CS2)cc1. The molecule has 0 saturated heterocycles. The molecule has 2 aromatic carbocycles. The Morgan fingerprint density at radius 1 is 1.14 bits per heavy atom. The van der Waals surface area contributed by atoms with Crippen LogP contribution in [0.25, 0.3) is 17.2 Å². The van der Waals surface area contributed by atoms with Crippen LogP contribution in [0.3, 0.4) is 0 Å². The number of carbonyl (C=O) groups excluding carboxylic acids is 1. The van der Waals surface area contributed by atoms with Crippen LogP contribution in [0.15, 0.2) is 59.1 Å². The predicted molar refractivity (Wildman–Crippen MR) is 148 cm³/mol. The number of rotatable bonds is 10. The van der Waals surface area contributed by atoms with E-state index in [4.69, 9.17) is 14.2 Å². The van der Waals surface area contributed by atoms with Crippen molar-refractivity contribution in [1.29, 1.82) is 0 Å². The molecule has 192 valence electrons. The van der Waals surface area contributed by atoms with Gasteiger partial charge >= 0.3 is 5.97 Å². The lowest BCUT2D eigenvalue weighted by atomic mass is 10.00. The van der Waals surface area contributed by atoms with E-state index in [0.29, 0.717) is 18.6 Å². The number of hydrogen-bond acceptors (Lipinski definition) is 7. The molecule has 36 heavy (non-hydrogen) atoms. The molecule has 0 aliphatic carbocycles. The molecular formula is C29H36N2O4S. The molecule has 6 nitrogen and oxygen atoms in total. The van der Waals surface area contributed by atoms with Gasteiger partial charge in [0.25, 0.3) is 0 Å². The highest BCUT2D eigenvalue weighted by Crippen LogP contribution is 2.35. The fourth-order valence-electron chi connectivity index (χ4n) is 4.35. The largest absolute Gasteiger partial charge is 0.466 e. The van der Waals surface area contributed by atoms with Crippen molar-refractivity contribution in [3.63, 3.8) is 0 Å². The molecule has 0 N–H and O–H groups in total. The molecule has 0 radical (unpaired) electrons. The van der Waals surface area contributed by atoms with E-state index in [1.807, 2.05) is 36.9 Å². The first kappa shape index (κ1) is 26.2. The summed E-state index contributed by atoms with van der Waals surface area (Å²) >= 11 is 1.86. The molecule has 2 aliphatic heterocycles. The number of unbranched alkanes of at least 4 members (excludes halogenated alkanes) is 1. The molecule has 2 heterocycles. The maximum atomic E-state index is 12.4. The second kappa shape index (κ2) is 12.4. The Labute approximate surface area is 218 Å². The van der Waals surface area contributed by atoms with Gasteiger partial charge in [-0.25, -0.2) is 4.79 Å². The topological polar surface area (TPSA) is 51.2 Å². The molecule has 4 rings (SSSR count). The van der Waals surface area contributed by atoms with E-state index in [2.05, 4.69) is 60.3 Å². The number of anilines is 1. The lowest BCUT2D eigenvalue weighted by Crippen LogP contribution is -2.26. The molecule has 1 unspecified atom stereocenters. The molecule has 0 spiro atoms. The zero-order valence-electron chi connectivity index (χ0n) is 21.7. The van der Waals surface area contributed by atoms with E-state index in [1.165, 1.54) is 12.0 Å². The summed E-state index contributed by atoms with van der Waals surface area (Å²) in [6.07, 6.45) is 6.69. The van der Waals surface area contributed by atoms with Crippen LogP contribution in [0, 0.1) is 0 Å². The molecule has 0 fully saturated rings. The average Bonchev–Trinajstić information content (AvgIpc) is 3.21. The van der Waals surface area contributed by atoms with Crippen molar-refractivity contribution in [2.75, 3.05) is 44.6 Å². The van der Waals surface area contributed by atoms with Crippen LogP contribution < -0.4 is 9.64 Å². The highest BCUT2D eigenvalue weighted by molar-refractivity contribution is 8.03. The maximum Gasteiger partial charge on any atom is 0.333 e. The monoisotopic (exact) mass is 508 g/mol. The summed E-state index contributed by atoms with van der Waals surface area (Å²) in [4.78, 5) is 18.3. The van der Waals surface area contributed by atoms with Gasteiger partial charge in [0.15, 0.2) is 6.29 Å². The van der Waals surface area contributed by atoms with Gasteiger partial charge in [0.05, 0.1) is 26.1 Å². The Morgan fingerprint density at radius 2 is 1.92 bits per heavy atom. The normalized spacial score (nSPS) is 16.1. The Kier molecular flexibility index (Phi) is 8.99. The smallest absolute Gasteiger partial charge is 0.333 e. The van der Waals surface area contributed by atoms with E-state index in [1.54, 1.807) is 0 Å². The molecule has 7 heteroatoms. The van der Waals surface area contributed by atoms with Gasteiger partial charge in [-0.3, -0.25) is 0 Å². The van der Waals surface area contributed by atoms with Gasteiger partial charge in [-0.05, 0) is 66.8 Å². The van der Waals surface area contributed by atoms with Gasteiger partial charge < -0.3 is 24.0 Å². The molecule has 2 aromatic rings. The number of ether oxygens (including phenoxy) is 3. The zero-order chi connectivity index (χ0) is 25.5. The summed E-state index contributed by atoms with van der Waals surface area (Å²) in [5.41, 5.74) is 5.03. The number of hydrogen-bond donors (Lipinski definition) is 0. The first-order chi connectivity index (χ1) is 17.5. The van der Waals surface area contributed by atoms with Crippen LogP contribution in [0.2, 0.25) is 0 Å². The quantitative estimate of drug-likeness (QED) is 0.217. The number of esters is 1. The molecule has 1 atom stereocenters. The maximum absolute atomic E-state index is 12.4. The number of benzene rings is 2. The second-order valence-corrected chi connectivity index (χ2v) is 10.2. The fraction of sp³-hybridized carbons (Fsp3) is 0.414. The van der Waals surface area contributed by atoms with E-state index in [-0.39, 0.29) is 12.3 Å². The highest BCUT2D eigenvalue weighted by atomic mass is 32.2. The van der Waals surface area contributed by atoms with Crippen LogP contribution >= 0.6 is 11.8 Å². The summed E-state index contributed by atoms with van der Waals surface area (Å²) in [5.74, 6) is 1.49. The molecular weight excluding hydrogens is 472 g/mol. The average molecular weight is 509 g/mol. The number of nitrogens with zero attached hydrogens (tertiary/aromatic N) is 2. The predicted octanol–water partition coefficient (Wildman–Crippen LogP) is 6.14. The molecule has 0 saturated carbocycles. The minimum absolute atomic E-state index is 0.265.